The molecule has 0 aliphatic carbocycles. The number of methoxy groups -OCH3 is 4. The van der Waals surface area contributed by atoms with Gasteiger partial charge in [0.25, 0.3) is 0 Å². The first-order valence-electron chi connectivity index (χ1n) is 10.2. The van der Waals surface area contributed by atoms with E-state index in [2.05, 4.69) is 0 Å². The number of rotatable bonds is 8. The number of benzene rings is 2. The summed E-state index contributed by atoms with van der Waals surface area (Å²) in [6.07, 6.45) is -1.74. The maximum Gasteiger partial charge on any atom is 0.243 e. The summed E-state index contributed by atoms with van der Waals surface area (Å²) in [6.45, 7) is -1.45. The molecular weight excluding hydrogens is 491 g/mol. The molecule has 1 fully saturated rings. The molecular formula is C21H27FN2O8S2. The average Bonchev–Trinajstić information content (AvgIpc) is 3.05. The first kappa shape index (κ1) is 26.0. The van der Waals surface area contributed by atoms with Crippen LogP contribution < -0.4 is 18.9 Å². The van der Waals surface area contributed by atoms with Crippen LogP contribution in [0.4, 0.5) is 4.39 Å². The van der Waals surface area contributed by atoms with Gasteiger partial charge in [-0.15, -0.1) is 0 Å². The zero-order valence-corrected chi connectivity index (χ0v) is 20.9. The van der Waals surface area contributed by atoms with Crippen LogP contribution >= 0.6 is 0 Å². The molecule has 34 heavy (non-hydrogen) atoms. The lowest BCUT2D eigenvalue weighted by atomic mass is 10.3. The van der Waals surface area contributed by atoms with E-state index in [1.807, 2.05) is 0 Å². The van der Waals surface area contributed by atoms with Crippen molar-refractivity contribution in [3.8, 4) is 23.0 Å². The lowest BCUT2D eigenvalue weighted by Crippen LogP contribution is -2.37. The number of hydrogen-bond acceptors (Lipinski definition) is 8. The molecule has 10 nitrogen and oxygen atoms in total. The molecule has 0 radical (unpaired) electrons. The van der Waals surface area contributed by atoms with Gasteiger partial charge in [0.05, 0.1) is 38.2 Å². The van der Waals surface area contributed by atoms with Crippen molar-refractivity contribution in [2.45, 2.75) is 16.0 Å². The summed E-state index contributed by atoms with van der Waals surface area (Å²) >= 11 is 0. The smallest absolute Gasteiger partial charge is 0.243 e. The Morgan fingerprint density at radius 3 is 1.35 bits per heavy atom. The summed E-state index contributed by atoms with van der Waals surface area (Å²) in [4.78, 5) is -0.234. The third-order valence-corrected chi connectivity index (χ3v) is 9.11. The van der Waals surface area contributed by atoms with Crippen molar-refractivity contribution in [1.82, 2.24) is 8.61 Å². The van der Waals surface area contributed by atoms with Crippen LogP contribution in [0.5, 0.6) is 23.0 Å². The second kappa shape index (κ2) is 10.3. The fourth-order valence-electron chi connectivity index (χ4n) is 3.59. The number of halogens is 1. The van der Waals surface area contributed by atoms with Crippen molar-refractivity contribution < 1.29 is 40.2 Å². The summed E-state index contributed by atoms with van der Waals surface area (Å²) in [7, 11) is -2.68. The summed E-state index contributed by atoms with van der Waals surface area (Å²) < 4.78 is 90.1. The zero-order valence-electron chi connectivity index (χ0n) is 19.2. The predicted octanol–water partition coefficient (Wildman–Crippen LogP) is 1.75. The van der Waals surface area contributed by atoms with Crippen molar-refractivity contribution in [2.24, 2.45) is 0 Å². The minimum atomic E-state index is -4.13. The highest BCUT2D eigenvalue weighted by atomic mass is 32.2. The molecule has 1 saturated heterocycles. The standard InChI is InChI=1S/C21H27FN2O8S2/c1-29-18-7-5-16(11-20(18)31-3)33(25,26)23-9-10-24(14-15(22)13-23)34(27,28)17-6-8-19(30-2)21(12-17)32-4/h5-8,11-12,15H,9-10,13-14H2,1-4H3. The second-order valence-corrected chi connectivity index (χ2v) is 11.2. The highest BCUT2D eigenvalue weighted by Gasteiger charge is 2.36. The van der Waals surface area contributed by atoms with Crippen LogP contribution in [-0.2, 0) is 20.0 Å². The third kappa shape index (κ3) is 5.06. The van der Waals surface area contributed by atoms with Gasteiger partial charge < -0.3 is 18.9 Å². The lowest BCUT2D eigenvalue weighted by Gasteiger charge is -2.22. The highest BCUT2D eigenvalue weighted by molar-refractivity contribution is 7.89. The molecule has 188 valence electrons. The van der Waals surface area contributed by atoms with Crippen LogP contribution in [0.3, 0.4) is 0 Å². The number of sulfonamides is 2. The maximum absolute atomic E-state index is 14.9. The highest BCUT2D eigenvalue weighted by Crippen LogP contribution is 2.33. The van der Waals surface area contributed by atoms with E-state index < -0.39 is 39.3 Å². The number of alkyl halides is 1. The van der Waals surface area contributed by atoms with Gasteiger partial charge in [0, 0.05) is 38.3 Å². The summed E-state index contributed by atoms with van der Waals surface area (Å²) in [6, 6.07) is 8.09. The zero-order chi connectivity index (χ0) is 25.1. The molecule has 0 N–H and O–H groups in total. The van der Waals surface area contributed by atoms with Gasteiger partial charge in [0.2, 0.25) is 20.0 Å². The molecule has 0 aromatic heterocycles. The van der Waals surface area contributed by atoms with Gasteiger partial charge in [0.1, 0.15) is 6.17 Å². The quantitative estimate of drug-likeness (QED) is 0.520. The molecule has 1 aliphatic heterocycles. The van der Waals surface area contributed by atoms with Gasteiger partial charge in [-0.3, -0.25) is 0 Å². The van der Waals surface area contributed by atoms with E-state index in [4.69, 9.17) is 18.9 Å². The topological polar surface area (TPSA) is 112 Å². The van der Waals surface area contributed by atoms with Crippen LogP contribution in [-0.4, -0.2) is 86.2 Å². The lowest BCUT2D eigenvalue weighted by molar-refractivity contribution is 0.264. The summed E-state index contributed by atoms with van der Waals surface area (Å²) in [5.41, 5.74) is 0. The van der Waals surface area contributed by atoms with E-state index >= 15 is 0 Å². The Hall–Kier alpha value is -2.61. The molecule has 13 heteroatoms. The number of nitrogens with zero attached hydrogens (tertiary/aromatic N) is 2. The van der Waals surface area contributed by atoms with Crippen molar-refractivity contribution in [2.75, 3.05) is 54.6 Å². The van der Waals surface area contributed by atoms with E-state index in [1.54, 1.807) is 0 Å². The van der Waals surface area contributed by atoms with Gasteiger partial charge >= 0.3 is 0 Å². The molecule has 0 saturated carbocycles. The van der Waals surface area contributed by atoms with Crippen molar-refractivity contribution in [3.63, 3.8) is 0 Å². The molecule has 0 amide bonds. The Bertz CT molecular complexity index is 1140. The normalized spacial score (nSPS) is 16.6. The van der Waals surface area contributed by atoms with E-state index in [-0.39, 0.29) is 34.4 Å². The molecule has 2 aromatic carbocycles. The predicted molar refractivity (Wildman–Crippen MR) is 122 cm³/mol. The largest absolute Gasteiger partial charge is 0.493 e. The second-order valence-electron chi connectivity index (χ2n) is 7.36. The molecule has 1 heterocycles. The fraction of sp³-hybridized carbons (Fsp3) is 0.429. The molecule has 0 unspecified atom stereocenters. The van der Waals surface area contributed by atoms with Crippen LogP contribution in [0.25, 0.3) is 0 Å². The summed E-state index contributed by atoms with van der Waals surface area (Å²) in [5.74, 6) is 1.08. The number of ether oxygens (including phenoxy) is 4. The van der Waals surface area contributed by atoms with Crippen LogP contribution in [0, 0.1) is 0 Å². The third-order valence-electron chi connectivity index (χ3n) is 5.39. The minimum Gasteiger partial charge on any atom is -0.493 e. The van der Waals surface area contributed by atoms with Crippen LogP contribution in [0.1, 0.15) is 0 Å². The average molecular weight is 519 g/mol. The van der Waals surface area contributed by atoms with Crippen LogP contribution in [0.15, 0.2) is 46.2 Å². The van der Waals surface area contributed by atoms with Crippen molar-refractivity contribution in [1.29, 1.82) is 0 Å². The Kier molecular flexibility index (Phi) is 7.91. The Labute approximate surface area is 198 Å². The van der Waals surface area contributed by atoms with E-state index in [9.17, 15) is 21.2 Å². The maximum atomic E-state index is 14.9. The fourth-order valence-corrected chi connectivity index (χ4v) is 6.54. The van der Waals surface area contributed by atoms with E-state index in [1.165, 1.54) is 64.8 Å². The van der Waals surface area contributed by atoms with Gasteiger partial charge in [-0.05, 0) is 24.3 Å². The molecule has 0 spiro atoms. The number of hydrogen-bond donors (Lipinski definition) is 0. The van der Waals surface area contributed by atoms with Crippen molar-refractivity contribution in [3.05, 3.63) is 36.4 Å². The van der Waals surface area contributed by atoms with Gasteiger partial charge in [-0.2, -0.15) is 8.61 Å². The molecule has 1 aliphatic rings. The SMILES string of the molecule is COc1ccc(S(=O)(=O)N2CCN(S(=O)(=O)c3ccc(OC)c(OC)c3)CC(F)C2)cc1OC. The molecule has 3 rings (SSSR count). The molecule has 2 aromatic rings. The van der Waals surface area contributed by atoms with Gasteiger partial charge in [-0.1, -0.05) is 0 Å². The van der Waals surface area contributed by atoms with Gasteiger partial charge in [-0.25, -0.2) is 21.2 Å². The van der Waals surface area contributed by atoms with Crippen molar-refractivity contribution >= 4 is 20.0 Å². The first-order valence-corrected chi connectivity index (χ1v) is 13.0. The minimum absolute atomic E-state index is 0.117. The monoisotopic (exact) mass is 518 g/mol. The molecule has 0 atom stereocenters. The van der Waals surface area contributed by atoms with Crippen LogP contribution in [0.2, 0.25) is 0 Å². The Morgan fingerprint density at radius 1 is 0.676 bits per heavy atom. The van der Waals surface area contributed by atoms with Gasteiger partial charge in [0.15, 0.2) is 23.0 Å². The Balaban J connectivity index is 1.88. The van der Waals surface area contributed by atoms with E-state index in [0.29, 0.717) is 11.5 Å². The summed E-state index contributed by atoms with van der Waals surface area (Å²) in [5, 5.41) is 0. The van der Waals surface area contributed by atoms with E-state index in [0.717, 1.165) is 8.61 Å². The molecule has 0 bridgehead atoms. The first-order chi connectivity index (χ1) is 16.1. The Morgan fingerprint density at radius 2 is 1.03 bits per heavy atom.